The maximum atomic E-state index is 8.70. The van der Waals surface area contributed by atoms with Crippen LogP contribution in [0.1, 0.15) is 13.3 Å². The maximum Gasteiger partial charge on any atom is 0.0540 e. The number of anilines is 1. The summed E-state index contributed by atoms with van der Waals surface area (Å²) in [6, 6.07) is 2.22. The molecule has 0 aliphatic rings. The van der Waals surface area contributed by atoms with Crippen LogP contribution in [-0.4, -0.2) is 22.7 Å². The number of halogens is 1. The highest BCUT2D eigenvalue weighted by Gasteiger charge is 2.00. The topological polar surface area (TPSA) is 45.1 Å². The Morgan fingerprint density at radius 1 is 1.62 bits per heavy atom. The van der Waals surface area contributed by atoms with E-state index in [1.807, 2.05) is 13.0 Å². The Hall–Kier alpha value is -0.610. The monoisotopic (exact) mass is 244 g/mol. The number of hydrogen-bond acceptors (Lipinski definition) is 3. The molecule has 0 aliphatic carbocycles. The number of rotatable bonds is 4. The zero-order chi connectivity index (χ0) is 9.68. The lowest BCUT2D eigenvalue weighted by Gasteiger charge is -2.13. The second-order valence-corrected chi connectivity index (χ2v) is 3.87. The van der Waals surface area contributed by atoms with Crippen LogP contribution in [0.25, 0.3) is 0 Å². The quantitative estimate of drug-likeness (QED) is 0.853. The van der Waals surface area contributed by atoms with Crippen LogP contribution in [0.4, 0.5) is 5.69 Å². The normalized spacial score (nSPS) is 12.5. The van der Waals surface area contributed by atoms with Gasteiger partial charge in [0.2, 0.25) is 0 Å². The first-order valence-corrected chi connectivity index (χ1v) is 4.99. The van der Waals surface area contributed by atoms with Gasteiger partial charge in [0.05, 0.1) is 11.9 Å². The fraction of sp³-hybridized carbons (Fsp3) is 0.444. The van der Waals surface area contributed by atoms with Crippen LogP contribution >= 0.6 is 15.9 Å². The van der Waals surface area contributed by atoms with Crippen molar-refractivity contribution in [1.82, 2.24) is 4.98 Å². The molecule has 0 spiro atoms. The lowest BCUT2D eigenvalue weighted by atomic mass is 10.2. The van der Waals surface area contributed by atoms with Crippen LogP contribution < -0.4 is 5.32 Å². The van der Waals surface area contributed by atoms with Gasteiger partial charge in [0.25, 0.3) is 0 Å². The zero-order valence-electron chi connectivity index (χ0n) is 7.50. The highest BCUT2D eigenvalue weighted by molar-refractivity contribution is 9.10. The number of aliphatic hydroxyl groups excluding tert-OH is 1. The average molecular weight is 245 g/mol. The molecule has 0 unspecified atom stereocenters. The first kappa shape index (κ1) is 10.5. The van der Waals surface area contributed by atoms with Gasteiger partial charge in [0.1, 0.15) is 0 Å². The van der Waals surface area contributed by atoms with Crippen LogP contribution in [0, 0.1) is 0 Å². The van der Waals surface area contributed by atoms with Crippen molar-refractivity contribution in [2.24, 2.45) is 0 Å². The van der Waals surface area contributed by atoms with Crippen molar-refractivity contribution in [3.8, 4) is 0 Å². The lowest BCUT2D eigenvalue weighted by Crippen LogP contribution is -2.16. The first-order chi connectivity index (χ1) is 6.22. The van der Waals surface area contributed by atoms with Gasteiger partial charge >= 0.3 is 0 Å². The lowest BCUT2D eigenvalue weighted by molar-refractivity contribution is 0.282. The van der Waals surface area contributed by atoms with Crippen LogP contribution in [0.3, 0.4) is 0 Å². The minimum absolute atomic E-state index is 0.204. The summed E-state index contributed by atoms with van der Waals surface area (Å²) in [5, 5.41) is 11.9. The van der Waals surface area contributed by atoms with Crippen LogP contribution in [0.15, 0.2) is 22.9 Å². The third-order valence-electron chi connectivity index (χ3n) is 1.68. The van der Waals surface area contributed by atoms with Gasteiger partial charge < -0.3 is 10.4 Å². The molecule has 1 heterocycles. The molecule has 0 fully saturated rings. The summed E-state index contributed by atoms with van der Waals surface area (Å²) >= 11 is 3.34. The third kappa shape index (κ3) is 3.74. The van der Waals surface area contributed by atoms with E-state index in [1.54, 1.807) is 12.4 Å². The molecule has 2 N–H and O–H groups in total. The van der Waals surface area contributed by atoms with E-state index >= 15 is 0 Å². The minimum atomic E-state index is 0.204. The predicted octanol–water partition coefficient (Wildman–Crippen LogP) is 2.03. The van der Waals surface area contributed by atoms with E-state index in [9.17, 15) is 0 Å². The van der Waals surface area contributed by atoms with E-state index < -0.39 is 0 Å². The van der Waals surface area contributed by atoms with E-state index in [0.717, 1.165) is 16.6 Å². The highest BCUT2D eigenvalue weighted by atomic mass is 79.9. The van der Waals surface area contributed by atoms with E-state index in [2.05, 4.69) is 26.2 Å². The summed E-state index contributed by atoms with van der Waals surface area (Å²) in [5.74, 6) is 0. The van der Waals surface area contributed by atoms with Crippen molar-refractivity contribution in [2.75, 3.05) is 11.9 Å². The Balaban J connectivity index is 2.53. The summed E-state index contributed by atoms with van der Waals surface area (Å²) in [7, 11) is 0. The van der Waals surface area contributed by atoms with Crippen molar-refractivity contribution in [3.05, 3.63) is 22.9 Å². The summed E-state index contributed by atoms with van der Waals surface area (Å²) < 4.78 is 0.952. The molecule has 0 radical (unpaired) electrons. The fourth-order valence-corrected chi connectivity index (χ4v) is 1.41. The van der Waals surface area contributed by atoms with Gasteiger partial charge in [0.15, 0.2) is 0 Å². The van der Waals surface area contributed by atoms with E-state index in [1.165, 1.54) is 0 Å². The standard InChI is InChI=1S/C9H13BrN2O/c1-7(2-3-13)12-9-4-8(10)5-11-6-9/h4-7,12-13H,2-3H2,1H3/t7-/m0/s1. The van der Waals surface area contributed by atoms with Crippen molar-refractivity contribution < 1.29 is 5.11 Å². The number of aliphatic hydroxyl groups is 1. The van der Waals surface area contributed by atoms with Gasteiger partial charge in [-0.05, 0) is 35.3 Å². The number of nitrogens with one attached hydrogen (secondary N) is 1. The smallest absolute Gasteiger partial charge is 0.0540 e. The molecule has 0 amide bonds. The molecule has 0 saturated heterocycles. The Bertz CT molecular complexity index is 268. The van der Waals surface area contributed by atoms with Crippen molar-refractivity contribution in [2.45, 2.75) is 19.4 Å². The molecule has 0 aromatic carbocycles. The average Bonchev–Trinajstić information content (AvgIpc) is 2.04. The van der Waals surface area contributed by atoms with Gasteiger partial charge in [-0.25, -0.2) is 0 Å². The summed E-state index contributed by atoms with van der Waals surface area (Å²) in [6.45, 7) is 2.23. The van der Waals surface area contributed by atoms with E-state index in [4.69, 9.17) is 5.11 Å². The molecular formula is C9H13BrN2O. The number of nitrogens with zero attached hydrogens (tertiary/aromatic N) is 1. The Kier molecular flexibility index (Phi) is 4.18. The van der Waals surface area contributed by atoms with Crippen molar-refractivity contribution in [3.63, 3.8) is 0 Å². The molecule has 1 atom stereocenters. The molecule has 4 heteroatoms. The van der Waals surface area contributed by atoms with Crippen LogP contribution in [0.5, 0.6) is 0 Å². The predicted molar refractivity (Wildman–Crippen MR) is 56.7 cm³/mol. The third-order valence-corrected chi connectivity index (χ3v) is 2.11. The molecular weight excluding hydrogens is 232 g/mol. The first-order valence-electron chi connectivity index (χ1n) is 4.20. The molecule has 1 aromatic rings. The van der Waals surface area contributed by atoms with Crippen molar-refractivity contribution in [1.29, 1.82) is 0 Å². The summed E-state index contributed by atoms with van der Waals surface area (Å²) in [5.41, 5.74) is 0.968. The van der Waals surface area contributed by atoms with Crippen LogP contribution in [-0.2, 0) is 0 Å². The number of pyridine rings is 1. The van der Waals surface area contributed by atoms with Crippen molar-refractivity contribution >= 4 is 21.6 Å². The van der Waals surface area contributed by atoms with E-state index in [-0.39, 0.29) is 12.6 Å². The molecule has 0 saturated carbocycles. The summed E-state index contributed by atoms with van der Waals surface area (Å²) in [4.78, 5) is 4.03. The van der Waals surface area contributed by atoms with Gasteiger partial charge in [0, 0.05) is 23.3 Å². The van der Waals surface area contributed by atoms with Gasteiger partial charge in [-0.1, -0.05) is 0 Å². The fourth-order valence-electron chi connectivity index (χ4n) is 1.04. The molecule has 1 aromatic heterocycles. The largest absolute Gasteiger partial charge is 0.396 e. The molecule has 0 bridgehead atoms. The molecule has 72 valence electrons. The highest BCUT2D eigenvalue weighted by Crippen LogP contribution is 2.14. The number of hydrogen-bond donors (Lipinski definition) is 2. The maximum absolute atomic E-state index is 8.70. The molecule has 1 rings (SSSR count). The Morgan fingerprint density at radius 2 is 2.38 bits per heavy atom. The number of aromatic nitrogens is 1. The molecule has 13 heavy (non-hydrogen) atoms. The zero-order valence-corrected chi connectivity index (χ0v) is 9.08. The molecule has 0 aliphatic heterocycles. The second kappa shape index (κ2) is 5.19. The second-order valence-electron chi connectivity index (χ2n) is 2.95. The Morgan fingerprint density at radius 3 is 3.00 bits per heavy atom. The van der Waals surface area contributed by atoms with Gasteiger partial charge in [-0.2, -0.15) is 0 Å². The molecule has 3 nitrogen and oxygen atoms in total. The Labute approximate surface area is 86.3 Å². The SMILES string of the molecule is C[C@@H](CCO)Nc1cncc(Br)c1. The van der Waals surface area contributed by atoms with Gasteiger partial charge in [-0.15, -0.1) is 0 Å². The van der Waals surface area contributed by atoms with E-state index in [0.29, 0.717) is 0 Å². The minimum Gasteiger partial charge on any atom is -0.396 e. The summed E-state index contributed by atoms with van der Waals surface area (Å²) in [6.07, 6.45) is 4.24. The van der Waals surface area contributed by atoms with Gasteiger partial charge in [-0.3, -0.25) is 4.98 Å². The van der Waals surface area contributed by atoms with Crippen LogP contribution in [0.2, 0.25) is 0 Å².